The van der Waals surface area contributed by atoms with Crippen LogP contribution in [0.1, 0.15) is 17.2 Å². The van der Waals surface area contributed by atoms with Crippen LogP contribution in [-0.4, -0.2) is 0 Å². The molecule has 2 aliphatic heterocycles. The van der Waals surface area contributed by atoms with Crippen molar-refractivity contribution in [2.24, 2.45) is 0 Å². The van der Waals surface area contributed by atoms with Crippen LogP contribution in [0.15, 0.2) is 66.3 Å². The quantitative estimate of drug-likeness (QED) is 0.648. The zero-order chi connectivity index (χ0) is 11.9. The van der Waals surface area contributed by atoms with E-state index in [0.717, 1.165) is 27.8 Å². The Kier molecular flexibility index (Phi) is 1.88. The average molecular weight is 238 g/mol. The van der Waals surface area contributed by atoms with Crippen LogP contribution in [0.3, 0.4) is 0 Å². The first kappa shape index (κ1) is 9.59. The molecule has 0 saturated carbocycles. The molecule has 0 aromatic heterocycles. The molecule has 0 bridgehead atoms. The van der Waals surface area contributed by atoms with Gasteiger partial charge in [0.05, 0.1) is 6.26 Å². The van der Waals surface area contributed by atoms with Gasteiger partial charge in [0.1, 0.15) is 6.10 Å². The summed E-state index contributed by atoms with van der Waals surface area (Å²) in [7, 11) is 0. The van der Waals surface area contributed by atoms with E-state index in [2.05, 4.69) is 18.2 Å². The number of allylic oxidation sites excluding steroid dienone is 3. The predicted octanol–water partition coefficient (Wildman–Crippen LogP) is 3.40. The summed E-state index contributed by atoms with van der Waals surface area (Å²) in [4.78, 5) is 9.90. The van der Waals surface area contributed by atoms with Crippen molar-refractivity contribution in [3.63, 3.8) is 0 Å². The van der Waals surface area contributed by atoms with Gasteiger partial charge in [-0.25, -0.2) is 0 Å². The van der Waals surface area contributed by atoms with E-state index in [1.54, 1.807) is 18.8 Å². The summed E-state index contributed by atoms with van der Waals surface area (Å²) in [6.07, 6.45) is 8.89. The third kappa shape index (κ3) is 1.19. The van der Waals surface area contributed by atoms with Crippen molar-refractivity contribution in [1.29, 1.82) is 0 Å². The van der Waals surface area contributed by atoms with Gasteiger partial charge in [-0.15, -0.1) is 0 Å². The predicted molar refractivity (Wildman–Crippen MR) is 65.7 cm³/mol. The maximum Gasteiger partial charge on any atom is 0.151 e. The van der Waals surface area contributed by atoms with Crippen LogP contribution in [0.2, 0.25) is 0 Å². The van der Waals surface area contributed by atoms with E-state index in [9.17, 15) is 0 Å². The molecule has 0 saturated heterocycles. The summed E-state index contributed by atoms with van der Waals surface area (Å²) in [5.41, 5.74) is 5.45. The van der Waals surface area contributed by atoms with Crippen LogP contribution >= 0.6 is 0 Å². The monoisotopic (exact) mass is 238 g/mol. The normalized spacial score (nSPS) is 22.9. The van der Waals surface area contributed by atoms with Gasteiger partial charge in [0.2, 0.25) is 0 Å². The van der Waals surface area contributed by atoms with Crippen LogP contribution in [0, 0.1) is 0 Å². The number of hydrogen-bond donors (Lipinski definition) is 0. The molecule has 3 heteroatoms. The van der Waals surface area contributed by atoms with E-state index < -0.39 is 0 Å². The SMILES string of the molecule is C1=COC2C(=C1)C1=COOC=C1c1ccccc12. The lowest BCUT2D eigenvalue weighted by Gasteiger charge is -2.33. The summed E-state index contributed by atoms with van der Waals surface area (Å²) in [6.45, 7) is 0. The maximum atomic E-state index is 5.74. The molecule has 2 heterocycles. The Hall–Kier alpha value is -2.42. The van der Waals surface area contributed by atoms with E-state index in [0.29, 0.717) is 0 Å². The molecule has 1 aromatic rings. The van der Waals surface area contributed by atoms with Crippen molar-refractivity contribution < 1.29 is 14.5 Å². The smallest absolute Gasteiger partial charge is 0.151 e. The number of hydrogen-bond acceptors (Lipinski definition) is 3. The van der Waals surface area contributed by atoms with Gasteiger partial charge < -0.3 is 4.74 Å². The van der Waals surface area contributed by atoms with Gasteiger partial charge in [-0.3, -0.25) is 9.78 Å². The first-order valence-corrected chi connectivity index (χ1v) is 5.80. The van der Waals surface area contributed by atoms with Gasteiger partial charge in [0, 0.05) is 22.3 Å². The number of benzene rings is 1. The molecule has 4 rings (SSSR count). The highest BCUT2D eigenvalue weighted by Gasteiger charge is 2.34. The minimum atomic E-state index is -0.0590. The molecule has 0 N–H and O–H groups in total. The van der Waals surface area contributed by atoms with Crippen LogP contribution in [0.4, 0.5) is 0 Å². The fraction of sp³-hybridized carbons (Fsp3) is 0.0667. The van der Waals surface area contributed by atoms with E-state index >= 15 is 0 Å². The lowest BCUT2D eigenvalue weighted by atomic mass is 9.78. The summed E-state index contributed by atoms with van der Waals surface area (Å²) in [5.74, 6) is 0. The second kappa shape index (κ2) is 3.53. The van der Waals surface area contributed by atoms with Crippen molar-refractivity contribution in [3.8, 4) is 0 Å². The van der Waals surface area contributed by atoms with Crippen molar-refractivity contribution in [3.05, 3.63) is 77.5 Å². The highest BCUT2D eigenvalue weighted by Crippen LogP contribution is 2.47. The highest BCUT2D eigenvalue weighted by molar-refractivity contribution is 5.88. The minimum Gasteiger partial charge on any atom is -0.489 e. The van der Waals surface area contributed by atoms with Gasteiger partial charge in [0.25, 0.3) is 0 Å². The highest BCUT2D eigenvalue weighted by atomic mass is 17.2. The van der Waals surface area contributed by atoms with Crippen LogP contribution in [0.5, 0.6) is 0 Å². The Morgan fingerprint density at radius 2 is 1.78 bits per heavy atom. The Bertz CT molecular complexity index is 635. The van der Waals surface area contributed by atoms with E-state index in [-0.39, 0.29) is 6.10 Å². The van der Waals surface area contributed by atoms with Crippen LogP contribution < -0.4 is 0 Å². The molecule has 1 aliphatic carbocycles. The third-order valence-corrected chi connectivity index (χ3v) is 3.37. The van der Waals surface area contributed by atoms with Crippen molar-refractivity contribution in [1.82, 2.24) is 0 Å². The molecule has 1 unspecified atom stereocenters. The minimum absolute atomic E-state index is 0.0590. The molecular formula is C15H10O3. The summed E-state index contributed by atoms with van der Waals surface area (Å²) < 4.78 is 5.74. The molecule has 1 atom stereocenters. The van der Waals surface area contributed by atoms with Gasteiger partial charge in [-0.2, -0.15) is 0 Å². The summed E-state index contributed by atoms with van der Waals surface area (Å²) in [6, 6.07) is 8.19. The van der Waals surface area contributed by atoms with E-state index in [1.807, 2.05) is 18.2 Å². The van der Waals surface area contributed by atoms with Gasteiger partial charge in [-0.1, -0.05) is 30.3 Å². The first-order valence-electron chi connectivity index (χ1n) is 5.80. The topological polar surface area (TPSA) is 27.7 Å². The zero-order valence-corrected chi connectivity index (χ0v) is 9.50. The molecule has 3 nitrogen and oxygen atoms in total. The Labute approximate surface area is 104 Å². The van der Waals surface area contributed by atoms with Gasteiger partial charge in [0.15, 0.2) is 12.5 Å². The molecular weight excluding hydrogens is 228 g/mol. The van der Waals surface area contributed by atoms with Crippen LogP contribution in [-0.2, 0) is 14.5 Å². The molecule has 0 amide bonds. The molecule has 1 aromatic carbocycles. The fourth-order valence-electron chi connectivity index (χ4n) is 2.58. The summed E-state index contributed by atoms with van der Waals surface area (Å²) >= 11 is 0. The number of fused-ring (bicyclic) bond motifs is 6. The third-order valence-electron chi connectivity index (χ3n) is 3.37. The molecule has 88 valence electrons. The molecule has 0 radical (unpaired) electrons. The fourth-order valence-corrected chi connectivity index (χ4v) is 2.58. The Morgan fingerprint density at radius 1 is 0.944 bits per heavy atom. The zero-order valence-electron chi connectivity index (χ0n) is 9.50. The second-order valence-electron chi connectivity index (χ2n) is 4.31. The largest absolute Gasteiger partial charge is 0.489 e. The van der Waals surface area contributed by atoms with Crippen molar-refractivity contribution in [2.45, 2.75) is 6.10 Å². The van der Waals surface area contributed by atoms with Crippen LogP contribution in [0.25, 0.3) is 5.57 Å². The Morgan fingerprint density at radius 3 is 2.72 bits per heavy atom. The molecule has 0 fully saturated rings. The molecule has 18 heavy (non-hydrogen) atoms. The van der Waals surface area contributed by atoms with Crippen molar-refractivity contribution in [2.75, 3.05) is 0 Å². The van der Waals surface area contributed by atoms with Gasteiger partial charge >= 0.3 is 0 Å². The lowest BCUT2D eigenvalue weighted by molar-refractivity contribution is -0.198. The van der Waals surface area contributed by atoms with E-state index in [4.69, 9.17) is 14.5 Å². The van der Waals surface area contributed by atoms with Gasteiger partial charge in [-0.05, 0) is 11.6 Å². The molecule has 3 aliphatic rings. The lowest BCUT2D eigenvalue weighted by Crippen LogP contribution is -2.19. The summed E-state index contributed by atoms with van der Waals surface area (Å²) in [5, 5.41) is 0. The first-order chi connectivity index (χ1) is 8.95. The second-order valence-corrected chi connectivity index (χ2v) is 4.31. The van der Waals surface area contributed by atoms with E-state index in [1.165, 1.54) is 0 Å². The standard InChI is InChI=1S/C15H10O3/c1-2-5-11-10(4-1)13-8-17-18-9-14(13)12-6-3-7-16-15(11)12/h1-9,15H. The average Bonchev–Trinajstić information content (AvgIpc) is 2.48. The Balaban J connectivity index is 2.02. The maximum absolute atomic E-state index is 5.74. The van der Waals surface area contributed by atoms with Crippen molar-refractivity contribution >= 4 is 5.57 Å². The number of ether oxygens (including phenoxy) is 1. The molecule has 0 spiro atoms. The number of rotatable bonds is 0.